The van der Waals surface area contributed by atoms with E-state index in [9.17, 15) is 0 Å². The van der Waals surface area contributed by atoms with E-state index in [2.05, 4.69) is 38.1 Å². The van der Waals surface area contributed by atoms with Crippen LogP contribution in [0.25, 0.3) is 0 Å². The SMILES string of the molecule is COc1ccc(C)cc1SSc1cc(C)ccc1OC. The molecule has 2 nitrogen and oxygen atoms in total. The molecule has 0 N–H and O–H groups in total. The minimum atomic E-state index is 0.903. The molecule has 0 aliphatic carbocycles. The average Bonchev–Trinajstić information content (AvgIpc) is 2.45. The second-order valence-electron chi connectivity index (χ2n) is 4.48. The van der Waals surface area contributed by atoms with E-state index in [1.165, 1.54) is 11.1 Å². The highest BCUT2D eigenvalue weighted by Crippen LogP contribution is 2.45. The zero-order valence-electron chi connectivity index (χ0n) is 12.1. The molecule has 0 aromatic heterocycles. The number of methoxy groups -OCH3 is 2. The van der Waals surface area contributed by atoms with E-state index < -0.39 is 0 Å². The summed E-state index contributed by atoms with van der Waals surface area (Å²) in [5.74, 6) is 1.81. The topological polar surface area (TPSA) is 18.5 Å². The van der Waals surface area contributed by atoms with Crippen molar-refractivity contribution in [3.63, 3.8) is 0 Å². The van der Waals surface area contributed by atoms with Gasteiger partial charge in [-0.2, -0.15) is 0 Å². The van der Waals surface area contributed by atoms with Gasteiger partial charge in [0, 0.05) is 0 Å². The fourth-order valence-electron chi connectivity index (χ4n) is 1.79. The lowest BCUT2D eigenvalue weighted by atomic mass is 10.2. The van der Waals surface area contributed by atoms with Gasteiger partial charge >= 0.3 is 0 Å². The summed E-state index contributed by atoms with van der Waals surface area (Å²) >= 11 is 0. The number of hydrogen-bond acceptors (Lipinski definition) is 4. The summed E-state index contributed by atoms with van der Waals surface area (Å²) in [6.07, 6.45) is 0. The Balaban J connectivity index is 2.20. The third-order valence-corrected chi connectivity index (χ3v) is 5.27. The molecule has 2 aromatic carbocycles. The smallest absolute Gasteiger partial charge is 0.133 e. The molecule has 0 saturated heterocycles. The van der Waals surface area contributed by atoms with Gasteiger partial charge in [0.25, 0.3) is 0 Å². The summed E-state index contributed by atoms with van der Waals surface area (Å²) in [6.45, 7) is 4.17. The van der Waals surface area contributed by atoms with Gasteiger partial charge in [-0.25, -0.2) is 0 Å². The molecule has 0 saturated carbocycles. The molecule has 4 heteroatoms. The lowest BCUT2D eigenvalue weighted by Gasteiger charge is -2.11. The quantitative estimate of drug-likeness (QED) is 0.713. The zero-order valence-corrected chi connectivity index (χ0v) is 13.7. The van der Waals surface area contributed by atoms with Crippen molar-refractivity contribution in [1.82, 2.24) is 0 Å². The first-order valence-corrected chi connectivity index (χ1v) is 8.43. The van der Waals surface area contributed by atoms with Crippen LogP contribution in [0.4, 0.5) is 0 Å². The summed E-state index contributed by atoms with van der Waals surface area (Å²) in [6, 6.07) is 12.4. The molecule has 2 aromatic rings. The number of aryl methyl sites for hydroxylation is 2. The van der Waals surface area contributed by atoms with Crippen molar-refractivity contribution in [3.05, 3.63) is 47.5 Å². The van der Waals surface area contributed by atoms with Gasteiger partial charge in [-0.15, -0.1) is 0 Å². The van der Waals surface area contributed by atoms with E-state index in [1.807, 2.05) is 12.1 Å². The fourth-order valence-corrected chi connectivity index (χ4v) is 4.22. The first-order chi connectivity index (χ1) is 9.63. The predicted molar refractivity (Wildman–Crippen MR) is 87.2 cm³/mol. The first-order valence-electron chi connectivity index (χ1n) is 6.28. The predicted octanol–water partition coefficient (Wildman–Crippen LogP) is 5.12. The van der Waals surface area contributed by atoms with Gasteiger partial charge in [0.2, 0.25) is 0 Å². The van der Waals surface area contributed by atoms with Crippen LogP contribution in [0.1, 0.15) is 11.1 Å². The molecule has 0 unspecified atom stereocenters. The summed E-state index contributed by atoms with van der Waals surface area (Å²) < 4.78 is 10.8. The van der Waals surface area contributed by atoms with Crippen LogP contribution >= 0.6 is 21.6 Å². The maximum absolute atomic E-state index is 5.40. The molecule has 0 aliphatic rings. The average molecular weight is 306 g/mol. The van der Waals surface area contributed by atoms with Crippen molar-refractivity contribution in [2.24, 2.45) is 0 Å². The van der Waals surface area contributed by atoms with Gasteiger partial charge in [0.15, 0.2) is 0 Å². The Morgan fingerprint density at radius 1 is 0.700 bits per heavy atom. The first kappa shape index (κ1) is 15.1. The molecule has 0 fully saturated rings. The highest BCUT2D eigenvalue weighted by atomic mass is 33.1. The van der Waals surface area contributed by atoms with Crippen LogP contribution in [0.3, 0.4) is 0 Å². The lowest BCUT2D eigenvalue weighted by Crippen LogP contribution is -1.87. The van der Waals surface area contributed by atoms with Crippen LogP contribution in [0.5, 0.6) is 11.5 Å². The minimum absolute atomic E-state index is 0.903. The standard InChI is InChI=1S/C16H18O2S2/c1-11-5-7-13(17-3)15(9-11)19-20-16-10-12(2)6-8-14(16)18-4/h5-10H,1-4H3. The van der Waals surface area contributed by atoms with Gasteiger partial charge in [-0.05, 0) is 70.8 Å². The van der Waals surface area contributed by atoms with E-state index in [-0.39, 0.29) is 0 Å². The van der Waals surface area contributed by atoms with E-state index >= 15 is 0 Å². The Hall–Kier alpha value is -1.26. The Morgan fingerprint density at radius 3 is 1.45 bits per heavy atom. The zero-order chi connectivity index (χ0) is 14.5. The Kier molecular flexibility index (Phi) is 5.26. The maximum atomic E-state index is 5.40. The molecule has 0 heterocycles. The second-order valence-corrected chi connectivity index (χ2v) is 6.69. The van der Waals surface area contributed by atoms with Crippen molar-refractivity contribution < 1.29 is 9.47 Å². The van der Waals surface area contributed by atoms with Gasteiger partial charge in [0.1, 0.15) is 11.5 Å². The minimum Gasteiger partial charge on any atom is -0.496 e. The summed E-state index contributed by atoms with van der Waals surface area (Å²) in [7, 11) is 6.78. The highest BCUT2D eigenvalue weighted by molar-refractivity contribution is 8.76. The van der Waals surface area contributed by atoms with Crippen LogP contribution in [0.2, 0.25) is 0 Å². The van der Waals surface area contributed by atoms with E-state index in [0.29, 0.717) is 0 Å². The summed E-state index contributed by atoms with van der Waals surface area (Å²) in [5, 5.41) is 0. The third kappa shape index (κ3) is 3.64. The molecule has 0 bridgehead atoms. The van der Waals surface area contributed by atoms with Crippen molar-refractivity contribution in [1.29, 1.82) is 0 Å². The van der Waals surface area contributed by atoms with Crippen LogP contribution < -0.4 is 9.47 Å². The van der Waals surface area contributed by atoms with E-state index in [1.54, 1.807) is 35.8 Å². The highest BCUT2D eigenvalue weighted by Gasteiger charge is 2.09. The van der Waals surface area contributed by atoms with Crippen molar-refractivity contribution >= 4 is 21.6 Å². The summed E-state index contributed by atoms with van der Waals surface area (Å²) in [4.78, 5) is 2.25. The normalized spacial score (nSPS) is 10.4. The summed E-state index contributed by atoms with van der Waals surface area (Å²) in [5.41, 5.74) is 2.45. The molecule has 106 valence electrons. The molecule has 0 spiro atoms. The van der Waals surface area contributed by atoms with Crippen LogP contribution in [-0.4, -0.2) is 14.2 Å². The van der Waals surface area contributed by atoms with Crippen LogP contribution in [-0.2, 0) is 0 Å². The van der Waals surface area contributed by atoms with Crippen molar-refractivity contribution in [3.8, 4) is 11.5 Å². The number of benzene rings is 2. The van der Waals surface area contributed by atoms with E-state index in [4.69, 9.17) is 9.47 Å². The fraction of sp³-hybridized carbons (Fsp3) is 0.250. The molecular formula is C16H18O2S2. The molecule has 2 rings (SSSR count). The van der Waals surface area contributed by atoms with Gasteiger partial charge < -0.3 is 9.47 Å². The lowest BCUT2D eigenvalue weighted by molar-refractivity contribution is 0.404. The third-order valence-electron chi connectivity index (χ3n) is 2.86. The second kappa shape index (κ2) is 6.95. The molecule has 0 radical (unpaired) electrons. The van der Waals surface area contributed by atoms with Crippen molar-refractivity contribution in [2.75, 3.05) is 14.2 Å². The maximum Gasteiger partial charge on any atom is 0.133 e. The van der Waals surface area contributed by atoms with Crippen molar-refractivity contribution in [2.45, 2.75) is 23.6 Å². The van der Waals surface area contributed by atoms with Crippen LogP contribution in [0, 0.1) is 13.8 Å². The number of hydrogen-bond donors (Lipinski definition) is 0. The molecule has 20 heavy (non-hydrogen) atoms. The number of ether oxygens (including phenoxy) is 2. The van der Waals surface area contributed by atoms with Gasteiger partial charge in [0.05, 0.1) is 24.0 Å². The molecule has 0 amide bonds. The Labute approximate surface area is 128 Å². The monoisotopic (exact) mass is 306 g/mol. The molecule has 0 atom stereocenters. The molecule has 0 aliphatic heterocycles. The van der Waals surface area contributed by atoms with Gasteiger partial charge in [-0.1, -0.05) is 12.1 Å². The number of rotatable bonds is 5. The molecular weight excluding hydrogens is 288 g/mol. The van der Waals surface area contributed by atoms with E-state index in [0.717, 1.165) is 21.3 Å². The Morgan fingerprint density at radius 2 is 1.10 bits per heavy atom. The largest absolute Gasteiger partial charge is 0.496 e. The Bertz CT molecular complexity index is 544. The van der Waals surface area contributed by atoms with Crippen LogP contribution in [0.15, 0.2) is 46.2 Å². The van der Waals surface area contributed by atoms with Gasteiger partial charge in [-0.3, -0.25) is 0 Å².